The van der Waals surface area contributed by atoms with Gasteiger partial charge in [-0.05, 0) is 43.0 Å². The summed E-state index contributed by atoms with van der Waals surface area (Å²) in [5, 5.41) is 8.20. The molecule has 2 aromatic rings. The Kier molecular flexibility index (Phi) is 4.76. The largest absolute Gasteiger partial charge is 0.351 e. The van der Waals surface area contributed by atoms with Crippen molar-refractivity contribution in [2.75, 3.05) is 5.32 Å². The van der Waals surface area contributed by atoms with Gasteiger partial charge in [0.05, 0.1) is 0 Å². The van der Waals surface area contributed by atoms with Gasteiger partial charge < -0.3 is 16.4 Å². The molecular formula is C15H19N3OS. The minimum absolute atomic E-state index is 0.231. The van der Waals surface area contributed by atoms with E-state index in [-0.39, 0.29) is 6.04 Å². The second kappa shape index (κ2) is 6.54. The highest BCUT2D eigenvalue weighted by molar-refractivity contribution is 7.10. The molecule has 1 heterocycles. The van der Waals surface area contributed by atoms with Gasteiger partial charge in [-0.3, -0.25) is 0 Å². The summed E-state index contributed by atoms with van der Waals surface area (Å²) in [5.41, 5.74) is 6.96. The third-order valence-electron chi connectivity index (χ3n) is 3.15. The van der Waals surface area contributed by atoms with Gasteiger partial charge in [0.2, 0.25) is 0 Å². The molecule has 0 spiro atoms. The van der Waals surface area contributed by atoms with Gasteiger partial charge in [0.25, 0.3) is 0 Å². The summed E-state index contributed by atoms with van der Waals surface area (Å²) in [7, 11) is 0. The van der Waals surface area contributed by atoms with Crippen LogP contribution in [0, 0.1) is 0 Å². The fourth-order valence-corrected chi connectivity index (χ4v) is 2.83. The van der Waals surface area contributed by atoms with Crippen LogP contribution in [0.5, 0.6) is 0 Å². The summed E-state index contributed by atoms with van der Waals surface area (Å²) in [4.78, 5) is 12.1. The van der Waals surface area contributed by atoms with Crippen LogP contribution in [0.4, 0.5) is 10.5 Å². The van der Waals surface area contributed by atoms with E-state index in [4.69, 9.17) is 5.73 Å². The zero-order valence-electron chi connectivity index (χ0n) is 11.6. The number of nitrogens with one attached hydrogen (secondary N) is 2. The Morgan fingerprint density at radius 1 is 1.15 bits per heavy atom. The van der Waals surface area contributed by atoms with Crippen LogP contribution in [0.3, 0.4) is 0 Å². The summed E-state index contributed by atoms with van der Waals surface area (Å²) in [6, 6.07) is 11.9. The summed E-state index contributed by atoms with van der Waals surface area (Å²) in [5.74, 6) is 0. The fraction of sp³-hybridized carbons (Fsp3) is 0.267. The molecule has 2 atom stereocenters. The maximum absolute atomic E-state index is 10.8. The number of rotatable bonds is 5. The molecule has 0 aliphatic carbocycles. The van der Waals surface area contributed by atoms with E-state index < -0.39 is 6.03 Å². The zero-order valence-corrected chi connectivity index (χ0v) is 12.4. The van der Waals surface area contributed by atoms with E-state index in [0.717, 1.165) is 0 Å². The lowest BCUT2D eigenvalue weighted by Crippen LogP contribution is -2.22. The summed E-state index contributed by atoms with van der Waals surface area (Å²) in [6.45, 7) is 4.28. The van der Waals surface area contributed by atoms with Crippen LogP contribution in [-0.4, -0.2) is 6.03 Å². The molecule has 0 bridgehead atoms. The molecule has 1 aromatic heterocycles. The van der Waals surface area contributed by atoms with Crippen LogP contribution in [-0.2, 0) is 0 Å². The number of thiophene rings is 1. The number of urea groups is 1. The molecule has 0 fully saturated rings. The van der Waals surface area contributed by atoms with Crippen molar-refractivity contribution < 1.29 is 4.79 Å². The summed E-state index contributed by atoms with van der Waals surface area (Å²) >= 11 is 1.75. The molecule has 106 valence electrons. The number of carbonyl (C=O) groups excluding carboxylic acids is 1. The molecule has 2 rings (SSSR count). The lowest BCUT2D eigenvalue weighted by atomic mass is 10.1. The molecule has 2 amide bonds. The number of hydrogen-bond acceptors (Lipinski definition) is 3. The van der Waals surface area contributed by atoms with E-state index in [1.54, 1.807) is 11.3 Å². The van der Waals surface area contributed by atoms with Crippen molar-refractivity contribution in [2.45, 2.75) is 25.9 Å². The topological polar surface area (TPSA) is 67.2 Å². The van der Waals surface area contributed by atoms with E-state index in [1.165, 1.54) is 10.4 Å². The van der Waals surface area contributed by atoms with Gasteiger partial charge >= 0.3 is 6.03 Å². The number of anilines is 1. The van der Waals surface area contributed by atoms with Crippen molar-refractivity contribution in [1.82, 2.24) is 5.32 Å². The van der Waals surface area contributed by atoms with Crippen molar-refractivity contribution in [1.29, 1.82) is 0 Å². The highest BCUT2D eigenvalue weighted by Gasteiger charge is 2.11. The van der Waals surface area contributed by atoms with Crippen LogP contribution in [0.25, 0.3) is 0 Å². The van der Waals surface area contributed by atoms with Gasteiger partial charge in [0.15, 0.2) is 0 Å². The van der Waals surface area contributed by atoms with Gasteiger partial charge in [-0.15, -0.1) is 11.3 Å². The van der Waals surface area contributed by atoms with E-state index in [2.05, 4.69) is 42.0 Å². The minimum Gasteiger partial charge on any atom is -0.351 e. The predicted molar refractivity (Wildman–Crippen MR) is 83.9 cm³/mol. The Morgan fingerprint density at radius 3 is 2.40 bits per heavy atom. The third kappa shape index (κ3) is 3.82. The highest BCUT2D eigenvalue weighted by atomic mass is 32.1. The molecule has 4 N–H and O–H groups in total. The van der Waals surface area contributed by atoms with Gasteiger partial charge in [0, 0.05) is 22.6 Å². The lowest BCUT2D eigenvalue weighted by molar-refractivity contribution is 0.259. The first-order valence-electron chi connectivity index (χ1n) is 6.52. The first kappa shape index (κ1) is 14.6. The SMILES string of the molecule is CC(N[C@@H](C)c1cccs1)c1ccc(NC(N)=O)cc1. The molecule has 1 unspecified atom stereocenters. The molecule has 4 nitrogen and oxygen atoms in total. The average Bonchev–Trinajstić information content (AvgIpc) is 2.92. The number of hydrogen-bond donors (Lipinski definition) is 3. The Hall–Kier alpha value is -1.85. The normalized spacial score (nSPS) is 13.7. The summed E-state index contributed by atoms with van der Waals surface area (Å²) in [6.07, 6.45) is 0. The van der Waals surface area contributed by atoms with E-state index >= 15 is 0 Å². The maximum Gasteiger partial charge on any atom is 0.316 e. The maximum atomic E-state index is 10.8. The Balaban J connectivity index is 1.98. The van der Waals surface area contributed by atoms with Crippen LogP contribution >= 0.6 is 11.3 Å². The molecular weight excluding hydrogens is 270 g/mol. The Morgan fingerprint density at radius 2 is 1.85 bits per heavy atom. The fourth-order valence-electron chi connectivity index (χ4n) is 2.09. The standard InChI is InChI=1S/C15H19N3OS/c1-10(17-11(2)14-4-3-9-20-14)12-5-7-13(8-6-12)18-15(16)19/h3-11,17H,1-2H3,(H3,16,18,19)/t10?,11-/m0/s1. The number of primary amides is 1. The molecule has 0 aliphatic rings. The number of amides is 2. The van der Waals surface area contributed by atoms with Gasteiger partial charge in [-0.25, -0.2) is 4.79 Å². The highest BCUT2D eigenvalue weighted by Crippen LogP contribution is 2.23. The second-order valence-electron chi connectivity index (χ2n) is 4.74. The van der Waals surface area contributed by atoms with E-state index in [9.17, 15) is 4.79 Å². The van der Waals surface area contributed by atoms with Crippen molar-refractivity contribution in [2.24, 2.45) is 5.73 Å². The van der Waals surface area contributed by atoms with Gasteiger partial charge in [0.1, 0.15) is 0 Å². The van der Waals surface area contributed by atoms with Crippen molar-refractivity contribution >= 4 is 23.1 Å². The monoisotopic (exact) mass is 289 g/mol. The first-order chi connectivity index (χ1) is 9.56. The number of benzene rings is 1. The zero-order chi connectivity index (χ0) is 14.5. The third-order valence-corrected chi connectivity index (χ3v) is 4.20. The predicted octanol–water partition coefficient (Wildman–Crippen LogP) is 3.65. The van der Waals surface area contributed by atoms with Gasteiger partial charge in [-0.1, -0.05) is 18.2 Å². The molecule has 1 aromatic carbocycles. The molecule has 0 radical (unpaired) electrons. The van der Waals surface area contributed by atoms with Crippen LogP contribution in [0.2, 0.25) is 0 Å². The molecule has 0 saturated heterocycles. The first-order valence-corrected chi connectivity index (χ1v) is 7.40. The molecule has 0 aliphatic heterocycles. The van der Waals surface area contributed by atoms with Crippen molar-refractivity contribution in [3.05, 3.63) is 52.2 Å². The quantitative estimate of drug-likeness (QED) is 0.786. The smallest absolute Gasteiger partial charge is 0.316 e. The van der Waals surface area contributed by atoms with Crippen LogP contribution in [0.15, 0.2) is 41.8 Å². The van der Waals surface area contributed by atoms with E-state index in [1.807, 2.05) is 24.3 Å². The minimum atomic E-state index is -0.546. The molecule has 0 saturated carbocycles. The van der Waals surface area contributed by atoms with E-state index in [0.29, 0.717) is 11.7 Å². The Labute approximate surface area is 123 Å². The molecule has 20 heavy (non-hydrogen) atoms. The van der Waals surface area contributed by atoms with Crippen molar-refractivity contribution in [3.63, 3.8) is 0 Å². The Bertz CT molecular complexity index is 551. The van der Waals surface area contributed by atoms with Crippen LogP contribution in [0.1, 0.15) is 36.4 Å². The van der Waals surface area contributed by atoms with Crippen LogP contribution < -0.4 is 16.4 Å². The number of carbonyl (C=O) groups is 1. The molecule has 5 heteroatoms. The second-order valence-corrected chi connectivity index (χ2v) is 5.72. The van der Waals surface area contributed by atoms with Gasteiger partial charge in [-0.2, -0.15) is 0 Å². The summed E-state index contributed by atoms with van der Waals surface area (Å²) < 4.78 is 0. The van der Waals surface area contributed by atoms with Crippen molar-refractivity contribution in [3.8, 4) is 0 Å². The average molecular weight is 289 g/mol. The number of nitrogens with two attached hydrogens (primary N) is 1. The lowest BCUT2D eigenvalue weighted by Gasteiger charge is -2.19.